The van der Waals surface area contributed by atoms with Gasteiger partial charge < -0.3 is 35.0 Å². The molecule has 154 valence electrons. The molecule has 0 bridgehead atoms. The van der Waals surface area contributed by atoms with Gasteiger partial charge in [-0.05, 0) is 20.3 Å². The van der Waals surface area contributed by atoms with Crippen molar-refractivity contribution in [2.45, 2.75) is 58.3 Å². The maximum atomic E-state index is 10.8. The third-order valence-corrected chi connectivity index (χ3v) is 2.99. The van der Waals surface area contributed by atoms with Gasteiger partial charge in [0.25, 0.3) is 0 Å². The summed E-state index contributed by atoms with van der Waals surface area (Å²) in [5.74, 6) is -5.91. The number of carboxylic acid groups (broad SMARTS) is 3. The highest BCUT2D eigenvalue weighted by Crippen LogP contribution is 2.14. The molecule has 0 saturated heterocycles. The first kappa shape index (κ1) is 26.5. The molecule has 0 saturated carbocycles. The van der Waals surface area contributed by atoms with Crippen molar-refractivity contribution in [3.63, 3.8) is 0 Å². The Morgan fingerprint density at radius 2 is 1.58 bits per heavy atom. The molecule has 5 N–H and O–H groups in total. The first-order valence-corrected chi connectivity index (χ1v) is 8.26. The molecule has 0 aliphatic carbocycles. The van der Waals surface area contributed by atoms with Crippen molar-refractivity contribution in [1.29, 1.82) is 0 Å². The zero-order valence-electron chi connectivity index (χ0n) is 15.3. The second-order valence-corrected chi connectivity index (χ2v) is 5.70. The van der Waals surface area contributed by atoms with Crippen LogP contribution >= 0.6 is 0 Å². The van der Waals surface area contributed by atoms with Gasteiger partial charge in [0.15, 0.2) is 6.10 Å². The summed E-state index contributed by atoms with van der Waals surface area (Å²) in [6.07, 6.45) is -1.67. The number of ether oxygens (including phenoxy) is 2. The van der Waals surface area contributed by atoms with Crippen molar-refractivity contribution in [2.75, 3.05) is 19.8 Å². The van der Waals surface area contributed by atoms with E-state index in [4.69, 9.17) is 35.0 Å². The lowest BCUT2D eigenvalue weighted by Crippen LogP contribution is -2.38. The van der Waals surface area contributed by atoms with Crippen molar-refractivity contribution in [2.24, 2.45) is 5.92 Å². The van der Waals surface area contributed by atoms with Crippen LogP contribution in [0.1, 0.15) is 40.0 Å². The topological polar surface area (TPSA) is 171 Å². The van der Waals surface area contributed by atoms with Crippen molar-refractivity contribution < 1.29 is 49.4 Å². The minimum Gasteiger partial charge on any atom is -0.481 e. The Morgan fingerprint density at radius 1 is 1.00 bits per heavy atom. The van der Waals surface area contributed by atoms with E-state index >= 15 is 0 Å². The van der Waals surface area contributed by atoms with Gasteiger partial charge in [-0.15, -0.1) is 0 Å². The lowest BCUT2D eigenvalue weighted by atomic mass is 9.98. The van der Waals surface area contributed by atoms with Crippen LogP contribution in [-0.4, -0.2) is 81.6 Å². The molecule has 26 heavy (non-hydrogen) atoms. The van der Waals surface area contributed by atoms with Crippen molar-refractivity contribution in [3.8, 4) is 0 Å². The average molecular weight is 382 g/mol. The van der Waals surface area contributed by atoms with Crippen LogP contribution in [-0.2, 0) is 23.9 Å². The van der Waals surface area contributed by atoms with E-state index in [1.807, 2.05) is 6.92 Å². The van der Waals surface area contributed by atoms with Crippen LogP contribution in [0.3, 0.4) is 0 Å². The zero-order chi connectivity index (χ0) is 20.7. The van der Waals surface area contributed by atoms with E-state index in [0.29, 0.717) is 13.0 Å². The number of carbonyl (C=O) groups is 3. The van der Waals surface area contributed by atoms with Gasteiger partial charge in [0.1, 0.15) is 5.92 Å². The lowest BCUT2D eigenvalue weighted by molar-refractivity contribution is -0.166. The third kappa shape index (κ3) is 14.6. The second kappa shape index (κ2) is 15.5. The fourth-order valence-electron chi connectivity index (χ4n) is 1.58. The predicted molar refractivity (Wildman–Crippen MR) is 89.8 cm³/mol. The Kier molecular flexibility index (Phi) is 15.8. The minimum absolute atomic E-state index is 0.00667. The highest BCUT2D eigenvalue weighted by Gasteiger charge is 2.36. The number of hydrogen-bond donors (Lipinski definition) is 5. The maximum absolute atomic E-state index is 10.8. The Hall–Kier alpha value is -1.75. The van der Waals surface area contributed by atoms with Gasteiger partial charge in [-0.1, -0.05) is 13.3 Å². The largest absolute Gasteiger partial charge is 0.481 e. The molecule has 0 aliphatic rings. The highest BCUT2D eigenvalue weighted by atomic mass is 16.5. The Labute approximate surface area is 152 Å². The summed E-state index contributed by atoms with van der Waals surface area (Å²) < 4.78 is 9.88. The number of rotatable bonds is 13. The summed E-state index contributed by atoms with van der Waals surface area (Å²) in [5.41, 5.74) is 0. The molecular weight excluding hydrogens is 352 g/mol. The van der Waals surface area contributed by atoms with E-state index in [9.17, 15) is 14.4 Å². The van der Waals surface area contributed by atoms with Gasteiger partial charge >= 0.3 is 17.9 Å². The summed E-state index contributed by atoms with van der Waals surface area (Å²) in [6.45, 7) is 5.66. The minimum atomic E-state index is -1.63. The van der Waals surface area contributed by atoms with Gasteiger partial charge in [-0.2, -0.15) is 0 Å². The van der Waals surface area contributed by atoms with Gasteiger partial charge in [0, 0.05) is 6.61 Å². The average Bonchev–Trinajstić information content (AvgIpc) is 2.54. The summed E-state index contributed by atoms with van der Waals surface area (Å²) in [4.78, 5) is 32.1. The molecular formula is C16H30O10. The SMILES string of the molecule is CC(O)COC(C)CO.CCCCOC(C(=O)O)C(CC(=O)O)C(=O)O. The fourth-order valence-corrected chi connectivity index (χ4v) is 1.58. The van der Waals surface area contributed by atoms with Crippen molar-refractivity contribution in [3.05, 3.63) is 0 Å². The molecule has 0 aliphatic heterocycles. The van der Waals surface area contributed by atoms with Crippen LogP contribution in [0.15, 0.2) is 0 Å². The van der Waals surface area contributed by atoms with E-state index in [0.717, 1.165) is 6.42 Å². The van der Waals surface area contributed by atoms with Gasteiger partial charge in [0.2, 0.25) is 0 Å². The van der Waals surface area contributed by atoms with Crippen molar-refractivity contribution >= 4 is 17.9 Å². The van der Waals surface area contributed by atoms with E-state index in [1.165, 1.54) is 0 Å². The standard InChI is InChI=1S/C10H16O7.C6H14O3/c1-2-3-4-17-8(10(15)16)6(9(13)14)5-7(11)12;1-5(8)4-9-6(2)3-7/h6,8H,2-5H2,1H3,(H,11,12)(H,13,14)(H,15,16);5-8H,3-4H2,1-2H3. The molecule has 0 rings (SSSR count). The molecule has 0 spiro atoms. The van der Waals surface area contributed by atoms with Crippen LogP contribution in [0.25, 0.3) is 0 Å². The second-order valence-electron chi connectivity index (χ2n) is 5.70. The number of unbranched alkanes of at least 4 members (excludes halogenated alkanes) is 1. The monoisotopic (exact) mass is 382 g/mol. The number of carboxylic acids is 3. The molecule has 0 heterocycles. The first-order chi connectivity index (χ1) is 12.1. The molecule has 4 atom stereocenters. The molecule has 0 fully saturated rings. The van der Waals surface area contributed by atoms with E-state index in [2.05, 4.69) is 0 Å². The zero-order valence-corrected chi connectivity index (χ0v) is 15.3. The van der Waals surface area contributed by atoms with Gasteiger partial charge in [-0.3, -0.25) is 9.59 Å². The van der Waals surface area contributed by atoms with Crippen LogP contribution in [0.4, 0.5) is 0 Å². The summed E-state index contributed by atoms with van der Waals surface area (Å²) in [5, 5.41) is 43.3. The summed E-state index contributed by atoms with van der Waals surface area (Å²) in [6, 6.07) is 0. The van der Waals surface area contributed by atoms with Crippen LogP contribution in [0.5, 0.6) is 0 Å². The fraction of sp³-hybridized carbons (Fsp3) is 0.812. The summed E-state index contributed by atoms with van der Waals surface area (Å²) in [7, 11) is 0. The smallest absolute Gasteiger partial charge is 0.333 e. The molecule has 0 aromatic rings. The van der Waals surface area contributed by atoms with Gasteiger partial charge in [-0.25, -0.2) is 4.79 Å². The number of aliphatic hydroxyl groups excluding tert-OH is 2. The third-order valence-electron chi connectivity index (χ3n) is 2.99. The van der Waals surface area contributed by atoms with Crippen LogP contribution in [0, 0.1) is 5.92 Å². The Balaban J connectivity index is 0. The molecule has 0 radical (unpaired) electrons. The molecule has 0 amide bonds. The first-order valence-electron chi connectivity index (χ1n) is 8.26. The lowest BCUT2D eigenvalue weighted by Gasteiger charge is -2.19. The Morgan fingerprint density at radius 3 is 1.92 bits per heavy atom. The normalized spacial score (nSPS) is 15.1. The van der Waals surface area contributed by atoms with E-state index < -0.39 is 42.5 Å². The quantitative estimate of drug-likeness (QED) is 0.277. The van der Waals surface area contributed by atoms with E-state index in [1.54, 1.807) is 13.8 Å². The Bertz CT molecular complexity index is 410. The maximum Gasteiger partial charge on any atom is 0.333 e. The van der Waals surface area contributed by atoms with Crippen LogP contribution in [0.2, 0.25) is 0 Å². The molecule has 10 nitrogen and oxygen atoms in total. The van der Waals surface area contributed by atoms with Crippen LogP contribution < -0.4 is 0 Å². The molecule has 0 aromatic carbocycles. The van der Waals surface area contributed by atoms with E-state index in [-0.39, 0.29) is 19.3 Å². The molecule has 4 unspecified atom stereocenters. The predicted octanol–water partition coefficient (Wildman–Crippen LogP) is 0.196. The van der Waals surface area contributed by atoms with Crippen molar-refractivity contribution in [1.82, 2.24) is 0 Å². The number of aliphatic hydroxyl groups is 2. The number of aliphatic carboxylic acids is 3. The van der Waals surface area contributed by atoms with Gasteiger partial charge in [0.05, 0.1) is 31.8 Å². The molecule has 0 aromatic heterocycles. The highest BCUT2D eigenvalue weighted by molar-refractivity contribution is 5.85. The summed E-state index contributed by atoms with van der Waals surface area (Å²) >= 11 is 0. The number of hydrogen-bond acceptors (Lipinski definition) is 7. The molecule has 10 heteroatoms.